The molecule has 0 aliphatic rings. The van der Waals surface area contributed by atoms with Crippen molar-refractivity contribution in [3.63, 3.8) is 0 Å². The van der Waals surface area contributed by atoms with E-state index in [1.807, 2.05) is 25.9 Å². The molecule has 0 spiro atoms. The molecule has 8 heteroatoms. The van der Waals surface area contributed by atoms with Crippen molar-refractivity contribution < 1.29 is 0 Å². The Morgan fingerprint density at radius 2 is 2.10 bits per heavy atom. The molecule has 2 aromatic rings. The monoisotopic (exact) mass is 310 g/mol. The van der Waals surface area contributed by atoms with Gasteiger partial charge in [0.1, 0.15) is 5.03 Å². The van der Waals surface area contributed by atoms with Gasteiger partial charge in [-0.15, -0.1) is 0 Å². The van der Waals surface area contributed by atoms with Gasteiger partial charge in [0.15, 0.2) is 0 Å². The second-order valence-corrected chi connectivity index (χ2v) is 5.42. The van der Waals surface area contributed by atoms with Crippen LogP contribution in [0.15, 0.2) is 28.5 Å². The Hall–Kier alpha value is -1.60. The standard InChI is InChI=1S/C12H15ClN6S/c1-4-14-10-16-11(19(2)3)18-12(17-10)20-9-8(13)6-5-7-15-9/h5-7H,4H2,1-3H3,(H,14,16,17,18). The number of nitrogens with one attached hydrogen (secondary N) is 1. The number of rotatable bonds is 5. The van der Waals surface area contributed by atoms with E-state index < -0.39 is 0 Å². The molecule has 2 rings (SSSR count). The third-order valence-electron chi connectivity index (χ3n) is 2.25. The van der Waals surface area contributed by atoms with E-state index in [1.54, 1.807) is 18.3 Å². The maximum absolute atomic E-state index is 6.10. The minimum atomic E-state index is 0.542. The van der Waals surface area contributed by atoms with Crippen LogP contribution in [0.1, 0.15) is 6.92 Å². The van der Waals surface area contributed by atoms with Crippen LogP contribution in [-0.2, 0) is 0 Å². The highest BCUT2D eigenvalue weighted by molar-refractivity contribution is 7.99. The summed E-state index contributed by atoms with van der Waals surface area (Å²) < 4.78 is 0. The lowest BCUT2D eigenvalue weighted by molar-refractivity contribution is 0.862. The average molecular weight is 311 g/mol. The van der Waals surface area contributed by atoms with Crippen molar-refractivity contribution in [2.75, 3.05) is 30.9 Å². The number of hydrogen-bond donors (Lipinski definition) is 1. The Labute approximate surface area is 127 Å². The Morgan fingerprint density at radius 1 is 1.30 bits per heavy atom. The van der Waals surface area contributed by atoms with E-state index in [4.69, 9.17) is 11.6 Å². The molecule has 0 aliphatic heterocycles. The van der Waals surface area contributed by atoms with Crippen molar-refractivity contribution in [1.82, 2.24) is 19.9 Å². The van der Waals surface area contributed by atoms with Gasteiger partial charge in [-0.3, -0.25) is 0 Å². The zero-order valence-electron chi connectivity index (χ0n) is 11.5. The van der Waals surface area contributed by atoms with Crippen molar-refractivity contribution in [1.29, 1.82) is 0 Å². The fourth-order valence-electron chi connectivity index (χ4n) is 1.36. The molecule has 6 nitrogen and oxygen atoms in total. The lowest BCUT2D eigenvalue weighted by Crippen LogP contribution is -2.15. The summed E-state index contributed by atoms with van der Waals surface area (Å²) in [7, 11) is 3.76. The third-order valence-corrected chi connectivity index (χ3v) is 3.55. The minimum Gasteiger partial charge on any atom is -0.354 e. The Kier molecular flexibility index (Phi) is 4.97. The third kappa shape index (κ3) is 3.71. The van der Waals surface area contributed by atoms with E-state index in [0.717, 1.165) is 6.54 Å². The first-order chi connectivity index (χ1) is 9.60. The highest BCUT2D eigenvalue weighted by atomic mass is 35.5. The van der Waals surface area contributed by atoms with Gasteiger partial charge in [-0.25, -0.2) is 4.98 Å². The zero-order chi connectivity index (χ0) is 14.5. The summed E-state index contributed by atoms with van der Waals surface area (Å²) in [5.74, 6) is 1.13. The summed E-state index contributed by atoms with van der Waals surface area (Å²) in [5.41, 5.74) is 0. The van der Waals surface area contributed by atoms with Gasteiger partial charge in [0, 0.05) is 26.8 Å². The van der Waals surface area contributed by atoms with Crippen molar-refractivity contribution >= 4 is 35.3 Å². The second kappa shape index (κ2) is 6.71. The maximum Gasteiger partial charge on any atom is 0.230 e. The maximum atomic E-state index is 6.10. The van der Waals surface area contributed by atoms with Gasteiger partial charge in [-0.1, -0.05) is 11.6 Å². The molecule has 0 aliphatic carbocycles. The predicted molar refractivity (Wildman–Crippen MR) is 81.7 cm³/mol. The molecule has 106 valence electrons. The van der Waals surface area contributed by atoms with E-state index in [-0.39, 0.29) is 0 Å². The molecule has 0 atom stereocenters. The average Bonchev–Trinajstić information content (AvgIpc) is 2.41. The molecular formula is C12H15ClN6S. The van der Waals surface area contributed by atoms with E-state index in [0.29, 0.717) is 27.1 Å². The fraction of sp³-hybridized carbons (Fsp3) is 0.333. The quantitative estimate of drug-likeness (QED) is 0.910. The van der Waals surface area contributed by atoms with Crippen LogP contribution in [0.3, 0.4) is 0 Å². The molecule has 1 N–H and O–H groups in total. The first-order valence-electron chi connectivity index (χ1n) is 6.05. The van der Waals surface area contributed by atoms with Gasteiger partial charge in [0.2, 0.25) is 17.1 Å². The zero-order valence-corrected chi connectivity index (χ0v) is 13.0. The Bertz CT molecular complexity index is 592. The smallest absolute Gasteiger partial charge is 0.230 e. The second-order valence-electron chi connectivity index (χ2n) is 4.06. The Morgan fingerprint density at radius 3 is 2.75 bits per heavy atom. The molecule has 0 unspecified atom stereocenters. The van der Waals surface area contributed by atoms with Crippen molar-refractivity contribution in [2.45, 2.75) is 17.1 Å². The number of hydrogen-bond acceptors (Lipinski definition) is 7. The lowest BCUT2D eigenvalue weighted by Gasteiger charge is -2.12. The van der Waals surface area contributed by atoms with Crippen LogP contribution < -0.4 is 10.2 Å². The molecule has 0 radical (unpaired) electrons. The van der Waals surface area contributed by atoms with Crippen LogP contribution in [0.5, 0.6) is 0 Å². The number of nitrogens with zero attached hydrogens (tertiary/aromatic N) is 5. The van der Waals surface area contributed by atoms with Gasteiger partial charge in [-0.2, -0.15) is 15.0 Å². The largest absolute Gasteiger partial charge is 0.354 e. The van der Waals surface area contributed by atoms with E-state index >= 15 is 0 Å². The van der Waals surface area contributed by atoms with Gasteiger partial charge in [0.25, 0.3) is 0 Å². The van der Waals surface area contributed by atoms with Gasteiger partial charge < -0.3 is 10.2 Å². The van der Waals surface area contributed by atoms with Crippen molar-refractivity contribution in [3.05, 3.63) is 23.4 Å². The molecule has 0 saturated carbocycles. The lowest BCUT2D eigenvalue weighted by atomic mass is 10.5. The molecular weight excluding hydrogens is 296 g/mol. The number of anilines is 2. The molecule has 2 aromatic heterocycles. The first-order valence-corrected chi connectivity index (χ1v) is 7.25. The van der Waals surface area contributed by atoms with Crippen molar-refractivity contribution in [2.24, 2.45) is 0 Å². The molecule has 0 fully saturated rings. The van der Waals surface area contributed by atoms with Gasteiger partial charge in [0.05, 0.1) is 5.02 Å². The predicted octanol–water partition coefficient (Wildman–Crippen LogP) is 2.57. The van der Waals surface area contributed by atoms with Crippen LogP contribution >= 0.6 is 23.4 Å². The van der Waals surface area contributed by atoms with Crippen LogP contribution in [0.4, 0.5) is 11.9 Å². The van der Waals surface area contributed by atoms with E-state index in [9.17, 15) is 0 Å². The number of halogens is 1. The van der Waals surface area contributed by atoms with Gasteiger partial charge in [-0.05, 0) is 30.8 Å². The number of aromatic nitrogens is 4. The summed E-state index contributed by atoms with van der Waals surface area (Å²) in [6, 6.07) is 3.57. The topological polar surface area (TPSA) is 66.8 Å². The molecule has 0 bridgehead atoms. The summed E-state index contributed by atoms with van der Waals surface area (Å²) in [4.78, 5) is 19.1. The van der Waals surface area contributed by atoms with Crippen molar-refractivity contribution in [3.8, 4) is 0 Å². The molecule has 20 heavy (non-hydrogen) atoms. The molecule has 0 amide bonds. The molecule has 0 aromatic carbocycles. The minimum absolute atomic E-state index is 0.542. The molecule has 2 heterocycles. The van der Waals surface area contributed by atoms with Crippen LogP contribution in [0, 0.1) is 0 Å². The molecule has 0 saturated heterocycles. The van der Waals surface area contributed by atoms with Crippen LogP contribution in [0.25, 0.3) is 0 Å². The first kappa shape index (κ1) is 14.8. The fourth-order valence-corrected chi connectivity index (χ4v) is 2.31. The van der Waals surface area contributed by atoms with E-state index in [1.165, 1.54) is 11.8 Å². The van der Waals surface area contributed by atoms with Gasteiger partial charge >= 0.3 is 0 Å². The van der Waals surface area contributed by atoms with E-state index in [2.05, 4.69) is 25.3 Å². The summed E-state index contributed by atoms with van der Waals surface area (Å²) in [5, 5.41) is 4.90. The van der Waals surface area contributed by atoms with Crippen LogP contribution in [0.2, 0.25) is 5.02 Å². The summed E-state index contributed by atoms with van der Waals surface area (Å²) in [6.45, 7) is 2.73. The SMILES string of the molecule is CCNc1nc(Sc2ncccc2Cl)nc(N(C)C)n1. The Balaban J connectivity index is 2.33. The number of pyridine rings is 1. The highest BCUT2D eigenvalue weighted by Crippen LogP contribution is 2.29. The normalized spacial score (nSPS) is 10.4. The summed E-state index contributed by atoms with van der Waals surface area (Å²) in [6.07, 6.45) is 1.69. The van der Waals surface area contributed by atoms with Crippen LogP contribution in [-0.4, -0.2) is 40.6 Å². The highest BCUT2D eigenvalue weighted by Gasteiger charge is 2.11. The summed E-state index contributed by atoms with van der Waals surface area (Å²) >= 11 is 7.41.